The number of benzene rings is 1. The zero-order valence-corrected chi connectivity index (χ0v) is 23.5. The summed E-state index contributed by atoms with van der Waals surface area (Å²) in [6, 6.07) is 3.11. The minimum Gasteiger partial charge on any atom is -0.487 e. The molecule has 1 aromatic carbocycles. The molecule has 0 spiro atoms. The van der Waals surface area contributed by atoms with E-state index in [1.54, 1.807) is 27.5 Å². The number of hydrogen-bond acceptors (Lipinski definition) is 6. The Morgan fingerprint density at radius 3 is 2.67 bits per heavy atom. The van der Waals surface area contributed by atoms with Crippen LogP contribution in [0, 0.1) is 18.3 Å². The molecule has 2 aromatic rings. The number of ether oxygens (including phenoxy) is 1. The summed E-state index contributed by atoms with van der Waals surface area (Å²) in [7, 11) is 1.82. The molecule has 10 nitrogen and oxygen atoms in total. The third-order valence-electron chi connectivity index (χ3n) is 8.98. The Kier molecular flexibility index (Phi) is 7.59. The smallest absolute Gasteiger partial charge is 0.310 e. The van der Waals surface area contributed by atoms with Gasteiger partial charge in [0.05, 0.1) is 23.1 Å². The zero-order valence-electron chi connectivity index (χ0n) is 22.8. The summed E-state index contributed by atoms with van der Waals surface area (Å²) < 4.78 is 7.99. The first-order valence-corrected chi connectivity index (χ1v) is 14.1. The topological polar surface area (TPSA) is 118 Å². The van der Waals surface area contributed by atoms with Crippen LogP contribution in [0.1, 0.15) is 74.0 Å². The van der Waals surface area contributed by atoms with Crippen molar-refractivity contribution in [1.82, 2.24) is 24.8 Å². The first kappa shape index (κ1) is 27.4. The maximum atomic E-state index is 14.2. The van der Waals surface area contributed by atoms with E-state index < -0.39 is 23.3 Å². The van der Waals surface area contributed by atoms with E-state index in [4.69, 9.17) is 16.3 Å². The number of halogens is 1. The summed E-state index contributed by atoms with van der Waals surface area (Å²) in [4.78, 5) is 42.9. The summed E-state index contributed by atoms with van der Waals surface area (Å²) in [5, 5.41) is 19.0. The minimum atomic E-state index is -1.12. The molecule has 3 aliphatic rings. The highest BCUT2D eigenvalue weighted by molar-refractivity contribution is 6.31. The second-order valence-electron chi connectivity index (χ2n) is 11.2. The number of nitrogens with zero attached hydrogens (tertiary/aromatic N) is 5. The van der Waals surface area contributed by atoms with Gasteiger partial charge in [0.2, 0.25) is 11.8 Å². The highest BCUT2D eigenvalue weighted by atomic mass is 35.5. The fourth-order valence-electron chi connectivity index (χ4n) is 6.38. The molecule has 0 radical (unpaired) electrons. The zero-order chi connectivity index (χ0) is 27.9. The molecular weight excluding hydrogens is 522 g/mol. The Hall–Kier alpha value is -3.14. The molecule has 1 aliphatic carbocycles. The first-order chi connectivity index (χ1) is 18.6. The van der Waals surface area contributed by atoms with Crippen LogP contribution in [0.25, 0.3) is 0 Å². The van der Waals surface area contributed by atoms with Crippen molar-refractivity contribution in [3.63, 3.8) is 0 Å². The van der Waals surface area contributed by atoms with Crippen LogP contribution in [0.3, 0.4) is 0 Å². The molecular formula is C28H36ClN5O5. The highest BCUT2D eigenvalue weighted by Gasteiger charge is 2.50. The van der Waals surface area contributed by atoms with Crippen LogP contribution in [0.4, 0.5) is 0 Å². The standard InChI is InChI=1S/C28H36ClN5O5/c1-17-21(30-31-32(17)3)16-39-23-10-9-20(29)18-11-14-34(22(25(18)23)15-33-13-6-8-24(33)35)26(36)19-7-4-5-12-28(19,2)27(37)38/h9-10,19,22H,4-8,11-16H2,1-3H3,(H,37,38)/t19-,22+,28-/m0/s1. The van der Waals surface area contributed by atoms with Crippen LogP contribution >= 0.6 is 11.6 Å². The van der Waals surface area contributed by atoms with Gasteiger partial charge in [-0.15, -0.1) is 5.10 Å². The molecule has 2 aliphatic heterocycles. The third kappa shape index (κ3) is 4.99. The lowest BCUT2D eigenvalue weighted by atomic mass is 9.66. The van der Waals surface area contributed by atoms with Gasteiger partial charge in [0.1, 0.15) is 18.1 Å². The lowest BCUT2D eigenvalue weighted by molar-refractivity contribution is -0.162. The van der Waals surface area contributed by atoms with Crippen LogP contribution in [-0.4, -0.2) is 67.3 Å². The van der Waals surface area contributed by atoms with E-state index in [0.717, 1.165) is 36.1 Å². The second-order valence-corrected chi connectivity index (χ2v) is 11.6. The monoisotopic (exact) mass is 557 g/mol. The van der Waals surface area contributed by atoms with Crippen molar-refractivity contribution in [1.29, 1.82) is 0 Å². The van der Waals surface area contributed by atoms with Crippen molar-refractivity contribution in [3.05, 3.63) is 39.7 Å². The van der Waals surface area contributed by atoms with E-state index in [-0.39, 0.29) is 18.4 Å². The Labute approximate surface area is 233 Å². The van der Waals surface area contributed by atoms with E-state index in [0.29, 0.717) is 61.8 Å². The van der Waals surface area contributed by atoms with Gasteiger partial charge in [-0.3, -0.25) is 19.1 Å². The van der Waals surface area contributed by atoms with Gasteiger partial charge in [-0.1, -0.05) is 29.7 Å². The Morgan fingerprint density at radius 2 is 2.00 bits per heavy atom. The maximum absolute atomic E-state index is 14.2. The molecule has 3 atom stereocenters. The number of hydrogen-bond donors (Lipinski definition) is 1. The lowest BCUT2D eigenvalue weighted by Crippen LogP contribution is -2.52. The van der Waals surface area contributed by atoms with Crippen molar-refractivity contribution >= 4 is 29.4 Å². The SMILES string of the molecule is Cc1c(COc2ccc(Cl)c3c2[C@@H](CN2CCCC2=O)N(C(=O)[C@@H]2CCCC[C@]2(C)C(=O)O)CC3)nnn1C. The number of carboxylic acids is 1. The summed E-state index contributed by atoms with van der Waals surface area (Å²) in [5.74, 6) is -1.10. The van der Waals surface area contributed by atoms with Gasteiger partial charge in [0.15, 0.2) is 0 Å². The molecule has 210 valence electrons. The Morgan fingerprint density at radius 1 is 1.21 bits per heavy atom. The van der Waals surface area contributed by atoms with Crippen LogP contribution in [-0.2, 0) is 34.5 Å². The number of aliphatic carboxylic acids is 1. The van der Waals surface area contributed by atoms with Gasteiger partial charge in [0.25, 0.3) is 0 Å². The summed E-state index contributed by atoms with van der Waals surface area (Å²) >= 11 is 6.69. The molecule has 3 heterocycles. The maximum Gasteiger partial charge on any atom is 0.310 e. The molecule has 1 aromatic heterocycles. The molecule has 2 fully saturated rings. The van der Waals surface area contributed by atoms with Gasteiger partial charge in [-0.2, -0.15) is 0 Å². The molecule has 2 amide bonds. The van der Waals surface area contributed by atoms with Gasteiger partial charge in [-0.25, -0.2) is 0 Å². The Balaban J connectivity index is 1.53. The summed E-state index contributed by atoms with van der Waals surface area (Å²) in [6.45, 7) is 5.14. The predicted molar refractivity (Wildman–Crippen MR) is 143 cm³/mol. The second kappa shape index (κ2) is 10.8. The number of rotatable bonds is 7. The van der Waals surface area contributed by atoms with E-state index >= 15 is 0 Å². The van der Waals surface area contributed by atoms with E-state index in [9.17, 15) is 19.5 Å². The normalized spacial score (nSPS) is 25.1. The molecule has 5 rings (SSSR count). The minimum absolute atomic E-state index is 0.0576. The predicted octanol–water partition coefficient (Wildman–Crippen LogP) is 3.69. The van der Waals surface area contributed by atoms with Gasteiger partial charge >= 0.3 is 5.97 Å². The van der Waals surface area contributed by atoms with Gasteiger partial charge in [0, 0.05) is 43.7 Å². The van der Waals surface area contributed by atoms with E-state index in [1.165, 1.54) is 0 Å². The molecule has 1 saturated carbocycles. The van der Waals surface area contributed by atoms with Crippen molar-refractivity contribution in [3.8, 4) is 5.75 Å². The molecule has 1 saturated heterocycles. The number of carboxylic acid groups (broad SMARTS) is 1. The number of fused-ring (bicyclic) bond motifs is 1. The molecule has 39 heavy (non-hydrogen) atoms. The number of aromatic nitrogens is 3. The van der Waals surface area contributed by atoms with Gasteiger partial charge < -0.3 is 19.6 Å². The molecule has 0 unspecified atom stereocenters. The van der Waals surface area contributed by atoms with Crippen LogP contribution in [0.15, 0.2) is 12.1 Å². The number of carbonyl (C=O) groups is 3. The first-order valence-electron chi connectivity index (χ1n) is 13.7. The van der Waals surface area contributed by atoms with Crippen molar-refractivity contribution < 1.29 is 24.2 Å². The van der Waals surface area contributed by atoms with Crippen molar-refractivity contribution in [2.45, 2.75) is 71.4 Å². The average Bonchev–Trinajstić information content (AvgIpc) is 3.47. The molecule has 0 bridgehead atoms. The van der Waals surface area contributed by atoms with Gasteiger partial charge in [-0.05, 0) is 57.2 Å². The molecule has 1 N–H and O–H groups in total. The third-order valence-corrected chi connectivity index (χ3v) is 9.34. The lowest BCUT2D eigenvalue weighted by Gasteiger charge is -2.45. The van der Waals surface area contributed by atoms with Crippen molar-refractivity contribution in [2.75, 3.05) is 19.6 Å². The average molecular weight is 558 g/mol. The van der Waals surface area contributed by atoms with E-state index in [2.05, 4.69) is 10.3 Å². The number of aryl methyl sites for hydroxylation is 1. The van der Waals surface area contributed by atoms with E-state index in [1.807, 2.05) is 20.0 Å². The van der Waals surface area contributed by atoms with Crippen molar-refractivity contribution in [2.24, 2.45) is 18.4 Å². The van der Waals surface area contributed by atoms with Crippen LogP contribution < -0.4 is 4.74 Å². The fourth-order valence-corrected chi connectivity index (χ4v) is 6.64. The van der Waals surface area contributed by atoms with Crippen LogP contribution in [0.2, 0.25) is 5.02 Å². The fraction of sp³-hybridized carbons (Fsp3) is 0.607. The molecule has 11 heteroatoms. The quantitative estimate of drug-likeness (QED) is 0.551. The number of likely N-dealkylation sites (tertiary alicyclic amines) is 1. The Bertz CT molecular complexity index is 1300. The number of carbonyl (C=O) groups excluding carboxylic acids is 2. The summed E-state index contributed by atoms with van der Waals surface area (Å²) in [6.07, 6.45) is 4.38. The van der Waals surface area contributed by atoms with Crippen LogP contribution in [0.5, 0.6) is 5.75 Å². The number of amides is 2. The summed E-state index contributed by atoms with van der Waals surface area (Å²) in [5.41, 5.74) is 2.15. The highest BCUT2D eigenvalue weighted by Crippen LogP contribution is 2.46. The largest absolute Gasteiger partial charge is 0.487 e.